The van der Waals surface area contributed by atoms with Gasteiger partial charge in [-0.15, -0.1) is 0 Å². The number of morpholine rings is 1. The number of rotatable bonds is 10. The molecule has 1 atom stereocenters. The fourth-order valence-corrected chi connectivity index (χ4v) is 4.21. The first-order valence-electron chi connectivity index (χ1n) is 11.6. The van der Waals surface area contributed by atoms with E-state index in [2.05, 4.69) is 40.5 Å². The van der Waals surface area contributed by atoms with Gasteiger partial charge >= 0.3 is 0 Å². The molecule has 0 bridgehead atoms. The molecule has 0 spiro atoms. The normalized spacial score (nSPS) is 15.2. The summed E-state index contributed by atoms with van der Waals surface area (Å²) in [5, 5.41) is 5.38. The van der Waals surface area contributed by atoms with Crippen molar-refractivity contribution in [3.05, 3.63) is 72.3 Å². The van der Waals surface area contributed by atoms with Gasteiger partial charge in [0.25, 0.3) is 0 Å². The van der Waals surface area contributed by atoms with E-state index in [1.165, 1.54) is 0 Å². The summed E-state index contributed by atoms with van der Waals surface area (Å²) in [5.74, 6) is 1.73. The summed E-state index contributed by atoms with van der Waals surface area (Å²) < 4.78 is 16.8. The van der Waals surface area contributed by atoms with E-state index in [0.29, 0.717) is 39.2 Å². The predicted molar refractivity (Wildman–Crippen MR) is 130 cm³/mol. The van der Waals surface area contributed by atoms with Crippen LogP contribution in [0, 0.1) is 0 Å². The maximum absolute atomic E-state index is 12.6. The molecule has 3 aromatic carbocycles. The molecule has 1 fully saturated rings. The van der Waals surface area contributed by atoms with Crippen LogP contribution in [0.2, 0.25) is 0 Å². The molecule has 33 heavy (non-hydrogen) atoms. The second kappa shape index (κ2) is 11.7. The number of hydrogen-bond donors (Lipinski definition) is 1. The zero-order valence-electron chi connectivity index (χ0n) is 19.2. The first-order chi connectivity index (χ1) is 16.2. The minimum Gasteiger partial charge on any atom is -0.497 e. The first-order valence-corrected chi connectivity index (χ1v) is 11.6. The van der Waals surface area contributed by atoms with Gasteiger partial charge in [0, 0.05) is 31.4 Å². The van der Waals surface area contributed by atoms with Crippen LogP contribution in [0.25, 0.3) is 10.8 Å². The molecule has 6 heteroatoms. The lowest BCUT2D eigenvalue weighted by Crippen LogP contribution is -2.43. The second-order valence-electron chi connectivity index (χ2n) is 8.17. The summed E-state index contributed by atoms with van der Waals surface area (Å²) in [4.78, 5) is 14.9. The van der Waals surface area contributed by atoms with Crippen molar-refractivity contribution in [1.82, 2.24) is 10.2 Å². The Kier molecular flexibility index (Phi) is 8.17. The minimum atomic E-state index is 0.0447. The van der Waals surface area contributed by atoms with Crippen molar-refractivity contribution in [2.45, 2.75) is 18.9 Å². The standard InChI is InChI=1S/C27H32N2O4/c1-31-23-13-11-22(12-14-23)25(29-15-18-32-19-16-29)20-28-27(30)10-5-17-33-26-9-4-7-21-6-2-3-8-24(21)26/h2-4,6-9,11-14,25H,5,10,15-20H2,1H3,(H,28,30). The molecule has 1 N–H and O–H groups in total. The third kappa shape index (κ3) is 6.24. The van der Waals surface area contributed by atoms with Gasteiger partial charge in [-0.2, -0.15) is 0 Å². The molecule has 1 aliphatic rings. The van der Waals surface area contributed by atoms with E-state index in [-0.39, 0.29) is 11.9 Å². The van der Waals surface area contributed by atoms with Crippen LogP contribution in [0.4, 0.5) is 0 Å². The third-order valence-corrected chi connectivity index (χ3v) is 6.03. The highest BCUT2D eigenvalue weighted by atomic mass is 16.5. The van der Waals surface area contributed by atoms with E-state index < -0.39 is 0 Å². The average molecular weight is 449 g/mol. The number of ether oxygens (including phenoxy) is 3. The van der Waals surface area contributed by atoms with E-state index in [1.807, 2.05) is 36.4 Å². The number of fused-ring (bicyclic) bond motifs is 1. The van der Waals surface area contributed by atoms with Crippen LogP contribution in [-0.2, 0) is 9.53 Å². The number of methoxy groups -OCH3 is 1. The number of hydrogen-bond acceptors (Lipinski definition) is 5. The first kappa shape index (κ1) is 23.1. The van der Waals surface area contributed by atoms with Gasteiger partial charge in [0.2, 0.25) is 5.91 Å². The summed E-state index contributed by atoms with van der Waals surface area (Å²) in [6, 6.07) is 22.4. The summed E-state index contributed by atoms with van der Waals surface area (Å²) in [5.41, 5.74) is 1.16. The van der Waals surface area contributed by atoms with Gasteiger partial charge in [0.1, 0.15) is 11.5 Å². The molecule has 4 rings (SSSR count). The van der Waals surface area contributed by atoms with Crippen LogP contribution >= 0.6 is 0 Å². The fraction of sp³-hybridized carbons (Fsp3) is 0.370. The lowest BCUT2D eigenvalue weighted by Gasteiger charge is -2.35. The molecular weight excluding hydrogens is 416 g/mol. The zero-order chi connectivity index (χ0) is 22.9. The van der Waals surface area contributed by atoms with Gasteiger partial charge in [-0.3, -0.25) is 9.69 Å². The summed E-state index contributed by atoms with van der Waals surface area (Å²) in [6.45, 7) is 4.21. The molecule has 1 saturated heterocycles. The molecule has 1 aliphatic heterocycles. The van der Waals surface area contributed by atoms with Crippen molar-refractivity contribution >= 4 is 16.7 Å². The Hall–Kier alpha value is -3.09. The van der Waals surface area contributed by atoms with Gasteiger partial charge in [-0.05, 0) is 35.6 Å². The van der Waals surface area contributed by atoms with E-state index >= 15 is 0 Å². The van der Waals surface area contributed by atoms with Crippen molar-refractivity contribution < 1.29 is 19.0 Å². The lowest BCUT2D eigenvalue weighted by atomic mass is 10.0. The monoisotopic (exact) mass is 448 g/mol. The average Bonchev–Trinajstić information content (AvgIpc) is 2.88. The summed E-state index contributed by atoms with van der Waals surface area (Å²) in [6.07, 6.45) is 1.10. The van der Waals surface area contributed by atoms with Gasteiger partial charge in [0.15, 0.2) is 0 Å². The molecule has 174 valence electrons. The Morgan fingerprint density at radius 2 is 1.79 bits per heavy atom. The molecule has 3 aromatic rings. The van der Waals surface area contributed by atoms with E-state index in [0.717, 1.165) is 40.9 Å². The molecule has 0 radical (unpaired) electrons. The highest BCUT2D eigenvalue weighted by molar-refractivity contribution is 5.88. The predicted octanol–water partition coefficient (Wildman–Crippen LogP) is 4.20. The molecule has 0 aromatic heterocycles. The Morgan fingerprint density at radius 3 is 2.58 bits per heavy atom. The highest BCUT2D eigenvalue weighted by Gasteiger charge is 2.23. The van der Waals surface area contributed by atoms with Gasteiger partial charge < -0.3 is 19.5 Å². The molecule has 6 nitrogen and oxygen atoms in total. The number of benzene rings is 3. The number of carbonyl (C=O) groups excluding carboxylic acids is 1. The van der Waals surface area contributed by atoms with Crippen molar-refractivity contribution in [1.29, 1.82) is 0 Å². The van der Waals surface area contributed by atoms with Crippen molar-refractivity contribution in [3.63, 3.8) is 0 Å². The minimum absolute atomic E-state index is 0.0447. The van der Waals surface area contributed by atoms with Crippen LogP contribution in [0.5, 0.6) is 11.5 Å². The van der Waals surface area contributed by atoms with E-state index in [9.17, 15) is 4.79 Å². The van der Waals surface area contributed by atoms with Gasteiger partial charge in [-0.1, -0.05) is 48.5 Å². The van der Waals surface area contributed by atoms with Crippen molar-refractivity contribution in [2.75, 3.05) is 46.6 Å². The smallest absolute Gasteiger partial charge is 0.220 e. The fourth-order valence-electron chi connectivity index (χ4n) is 4.21. The van der Waals surface area contributed by atoms with Crippen LogP contribution < -0.4 is 14.8 Å². The highest BCUT2D eigenvalue weighted by Crippen LogP contribution is 2.26. The summed E-state index contributed by atoms with van der Waals surface area (Å²) in [7, 11) is 1.67. The molecule has 1 amide bonds. The second-order valence-corrected chi connectivity index (χ2v) is 8.17. The van der Waals surface area contributed by atoms with Crippen LogP contribution in [-0.4, -0.2) is 57.4 Å². The van der Waals surface area contributed by atoms with Gasteiger partial charge in [0.05, 0.1) is 33.0 Å². The van der Waals surface area contributed by atoms with Crippen LogP contribution in [0.15, 0.2) is 66.7 Å². The molecule has 0 saturated carbocycles. The largest absolute Gasteiger partial charge is 0.497 e. The zero-order valence-corrected chi connectivity index (χ0v) is 19.2. The van der Waals surface area contributed by atoms with Crippen LogP contribution in [0.1, 0.15) is 24.4 Å². The Labute approximate surface area is 195 Å². The quantitative estimate of drug-likeness (QED) is 0.471. The van der Waals surface area contributed by atoms with Crippen molar-refractivity contribution in [2.24, 2.45) is 0 Å². The number of amides is 1. The Morgan fingerprint density at radius 1 is 1.03 bits per heavy atom. The molecule has 0 aliphatic carbocycles. The molecule has 1 heterocycles. The van der Waals surface area contributed by atoms with Gasteiger partial charge in [-0.25, -0.2) is 0 Å². The maximum Gasteiger partial charge on any atom is 0.220 e. The van der Waals surface area contributed by atoms with E-state index in [1.54, 1.807) is 7.11 Å². The lowest BCUT2D eigenvalue weighted by molar-refractivity contribution is -0.121. The molecular formula is C27H32N2O4. The van der Waals surface area contributed by atoms with E-state index in [4.69, 9.17) is 14.2 Å². The molecule has 1 unspecified atom stereocenters. The number of nitrogens with one attached hydrogen (secondary N) is 1. The van der Waals surface area contributed by atoms with Crippen LogP contribution in [0.3, 0.4) is 0 Å². The number of carbonyl (C=O) groups is 1. The SMILES string of the molecule is COc1ccc(C(CNC(=O)CCCOc2cccc3ccccc23)N2CCOCC2)cc1. The third-order valence-electron chi connectivity index (χ3n) is 6.03. The number of nitrogens with zero attached hydrogens (tertiary/aromatic N) is 1. The Balaban J connectivity index is 1.28. The Bertz CT molecular complexity index is 1030. The summed E-state index contributed by atoms with van der Waals surface area (Å²) >= 11 is 0. The topological polar surface area (TPSA) is 60.0 Å². The van der Waals surface area contributed by atoms with Crippen molar-refractivity contribution in [3.8, 4) is 11.5 Å². The maximum atomic E-state index is 12.6.